The van der Waals surface area contributed by atoms with E-state index in [0.29, 0.717) is 18.6 Å². The van der Waals surface area contributed by atoms with Gasteiger partial charge in [-0.1, -0.05) is 25.1 Å². The van der Waals surface area contributed by atoms with Gasteiger partial charge in [-0.3, -0.25) is 4.79 Å². The monoisotopic (exact) mass is 267 g/mol. The van der Waals surface area contributed by atoms with Crippen LogP contribution in [0.1, 0.15) is 19.8 Å². The van der Waals surface area contributed by atoms with E-state index in [2.05, 4.69) is 5.32 Å². The van der Waals surface area contributed by atoms with Crippen molar-refractivity contribution in [1.82, 2.24) is 5.32 Å². The summed E-state index contributed by atoms with van der Waals surface area (Å²) in [5.74, 6) is -0.555. The van der Waals surface area contributed by atoms with Crippen molar-refractivity contribution in [2.45, 2.75) is 30.7 Å². The lowest BCUT2D eigenvalue weighted by molar-refractivity contribution is -0.141. The summed E-state index contributed by atoms with van der Waals surface area (Å²) < 4.78 is 0. The molecule has 0 fully saturated rings. The second-order valence-corrected chi connectivity index (χ2v) is 4.95. The van der Waals surface area contributed by atoms with Crippen LogP contribution < -0.4 is 5.32 Å². The van der Waals surface area contributed by atoms with Gasteiger partial charge in [0.05, 0.1) is 0 Å². The maximum absolute atomic E-state index is 11.5. The first-order chi connectivity index (χ1) is 8.63. The van der Waals surface area contributed by atoms with Crippen LogP contribution in [0.3, 0.4) is 0 Å². The highest BCUT2D eigenvalue weighted by Crippen LogP contribution is 2.17. The van der Waals surface area contributed by atoms with Crippen molar-refractivity contribution < 1.29 is 14.7 Å². The van der Waals surface area contributed by atoms with Crippen molar-refractivity contribution in [1.29, 1.82) is 0 Å². The van der Waals surface area contributed by atoms with E-state index in [0.717, 1.165) is 4.90 Å². The molecule has 1 rings (SSSR count). The number of nitrogens with one attached hydrogen (secondary N) is 1. The third-order valence-corrected chi connectivity index (χ3v) is 3.40. The molecule has 0 spiro atoms. The number of thioether (sulfide) groups is 1. The zero-order chi connectivity index (χ0) is 13.4. The van der Waals surface area contributed by atoms with Crippen LogP contribution in [-0.2, 0) is 9.59 Å². The molecule has 0 saturated heterocycles. The number of carbonyl (C=O) groups is 2. The van der Waals surface area contributed by atoms with Gasteiger partial charge in [0.15, 0.2) is 0 Å². The van der Waals surface area contributed by atoms with Crippen molar-refractivity contribution >= 4 is 23.6 Å². The van der Waals surface area contributed by atoms with E-state index >= 15 is 0 Å². The number of benzene rings is 1. The highest BCUT2D eigenvalue weighted by atomic mass is 32.2. The highest BCUT2D eigenvalue weighted by Gasteiger charge is 2.16. The molecule has 0 aliphatic heterocycles. The van der Waals surface area contributed by atoms with Crippen LogP contribution in [0.5, 0.6) is 0 Å². The molecule has 1 unspecified atom stereocenters. The Kier molecular flexibility index (Phi) is 6.28. The molecule has 1 aromatic rings. The van der Waals surface area contributed by atoms with E-state index in [-0.39, 0.29) is 5.91 Å². The van der Waals surface area contributed by atoms with E-state index in [4.69, 9.17) is 5.11 Å². The molecule has 0 saturated carbocycles. The van der Waals surface area contributed by atoms with E-state index in [1.807, 2.05) is 30.3 Å². The zero-order valence-corrected chi connectivity index (χ0v) is 11.1. The van der Waals surface area contributed by atoms with Crippen LogP contribution in [0.15, 0.2) is 35.2 Å². The van der Waals surface area contributed by atoms with Gasteiger partial charge in [0.25, 0.3) is 0 Å². The van der Waals surface area contributed by atoms with E-state index in [1.165, 1.54) is 0 Å². The smallest absolute Gasteiger partial charge is 0.326 e. The van der Waals surface area contributed by atoms with Crippen molar-refractivity contribution in [3.05, 3.63) is 30.3 Å². The molecule has 5 heteroatoms. The lowest BCUT2D eigenvalue weighted by Crippen LogP contribution is -2.40. The fourth-order valence-corrected chi connectivity index (χ4v) is 2.26. The number of hydrogen-bond donors (Lipinski definition) is 2. The topological polar surface area (TPSA) is 66.4 Å². The number of carboxylic acid groups (broad SMARTS) is 1. The molecule has 1 amide bonds. The normalized spacial score (nSPS) is 11.8. The fourth-order valence-electron chi connectivity index (χ4n) is 1.38. The average molecular weight is 267 g/mol. The summed E-state index contributed by atoms with van der Waals surface area (Å²) in [7, 11) is 0. The quantitative estimate of drug-likeness (QED) is 0.743. The lowest BCUT2D eigenvalue weighted by Gasteiger charge is -2.11. The van der Waals surface area contributed by atoms with E-state index in [9.17, 15) is 9.59 Å². The predicted octanol–water partition coefficient (Wildman–Crippen LogP) is 2.15. The van der Waals surface area contributed by atoms with Gasteiger partial charge in [0.2, 0.25) is 5.91 Å². The largest absolute Gasteiger partial charge is 0.480 e. The Bertz CT molecular complexity index is 394. The predicted molar refractivity (Wildman–Crippen MR) is 71.6 cm³/mol. The Morgan fingerprint density at radius 1 is 1.33 bits per heavy atom. The highest BCUT2D eigenvalue weighted by molar-refractivity contribution is 7.99. The van der Waals surface area contributed by atoms with Crippen LogP contribution in [0.4, 0.5) is 0 Å². The minimum Gasteiger partial charge on any atom is -0.480 e. The Morgan fingerprint density at radius 2 is 2.00 bits per heavy atom. The number of hydrogen-bond acceptors (Lipinski definition) is 3. The second kappa shape index (κ2) is 7.76. The maximum atomic E-state index is 11.5. The summed E-state index contributed by atoms with van der Waals surface area (Å²) >= 11 is 1.58. The molecule has 4 nitrogen and oxygen atoms in total. The lowest BCUT2D eigenvalue weighted by atomic mass is 10.2. The van der Waals surface area contributed by atoms with Gasteiger partial charge in [-0.2, -0.15) is 0 Å². The molecule has 0 heterocycles. The third-order valence-electron chi connectivity index (χ3n) is 2.38. The van der Waals surface area contributed by atoms with Gasteiger partial charge < -0.3 is 10.4 Å². The summed E-state index contributed by atoms with van der Waals surface area (Å²) in [4.78, 5) is 23.4. The molecule has 0 bridgehead atoms. The van der Waals surface area contributed by atoms with Crippen LogP contribution in [0.25, 0.3) is 0 Å². The van der Waals surface area contributed by atoms with Crippen molar-refractivity contribution in [2.24, 2.45) is 0 Å². The van der Waals surface area contributed by atoms with Crippen molar-refractivity contribution in [3.63, 3.8) is 0 Å². The summed E-state index contributed by atoms with van der Waals surface area (Å²) in [5, 5.41) is 11.3. The maximum Gasteiger partial charge on any atom is 0.326 e. The standard InChI is InChI=1S/C13H17NO3S/c1-2-11(13(16)17)14-12(15)8-9-18-10-6-4-3-5-7-10/h3-7,11H,2,8-9H2,1H3,(H,14,15)(H,16,17). The summed E-state index contributed by atoms with van der Waals surface area (Å²) in [5.41, 5.74) is 0. The van der Waals surface area contributed by atoms with Gasteiger partial charge >= 0.3 is 5.97 Å². The molecule has 2 N–H and O–H groups in total. The third kappa shape index (κ3) is 5.23. The van der Waals surface area contributed by atoms with Crippen LogP contribution in [0.2, 0.25) is 0 Å². The van der Waals surface area contributed by atoms with E-state index in [1.54, 1.807) is 18.7 Å². The fraction of sp³-hybridized carbons (Fsp3) is 0.385. The second-order valence-electron chi connectivity index (χ2n) is 3.78. The van der Waals surface area contributed by atoms with Gasteiger partial charge in [0.1, 0.15) is 6.04 Å². The first-order valence-electron chi connectivity index (χ1n) is 5.83. The number of rotatable bonds is 7. The molecule has 98 valence electrons. The minimum atomic E-state index is -0.985. The number of amides is 1. The van der Waals surface area contributed by atoms with Crippen LogP contribution in [0, 0.1) is 0 Å². The Morgan fingerprint density at radius 3 is 2.56 bits per heavy atom. The first kappa shape index (κ1) is 14.6. The molecule has 0 aromatic heterocycles. The van der Waals surface area contributed by atoms with Crippen LogP contribution in [-0.4, -0.2) is 28.8 Å². The molecule has 0 radical (unpaired) electrons. The number of carbonyl (C=O) groups excluding carboxylic acids is 1. The van der Waals surface area contributed by atoms with E-state index < -0.39 is 12.0 Å². The number of carboxylic acids is 1. The van der Waals surface area contributed by atoms with Gasteiger partial charge in [0, 0.05) is 17.1 Å². The SMILES string of the molecule is CCC(NC(=O)CCSc1ccccc1)C(=O)O. The Hall–Kier alpha value is -1.49. The van der Waals surface area contributed by atoms with Gasteiger partial charge in [-0.05, 0) is 18.6 Å². The van der Waals surface area contributed by atoms with Crippen molar-refractivity contribution in [3.8, 4) is 0 Å². The van der Waals surface area contributed by atoms with Crippen molar-refractivity contribution in [2.75, 3.05) is 5.75 Å². The molecule has 0 aliphatic rings. The number of aliphatic carboxylic acids is 1. The summed E-state index contributed by atoms with van der Waals surface area (Å²) in [6.45, 7) is 1.73. The summed E-state index contributed by atoms with van der Waals surface area (Å²) in [6, 6.07) is 9.01. The minimum absolute atomic E-state index is 0.215. The van der Waals surface area contributed by atoms with Gasteiger partial charge in [-0.15, -0.1) is 11.8 Å². The molecule has 18 heavy (non-hydrogen) atoms. The molecule has 1 atom stereocenters. The molecular formula is C13H17NO3S. The zero-order valence-electron chi connectivity index (χ0n) is 10.3. The molecular weight excluding hydrogens is 250 g/mol. The summed E-state index contributed by atoms with van der Waals surface area (Å²) in [6.07, 6.45) is 0.718. The Labute approximate surface area is 111 Å². The first-order valence-corrected chi connectivity index (χ1v) is 6.82. The molecule has 0 aliphatic carbocycles. The molecule has 1 aromatic carbocycles. The average Bonchev–Trinajstić information content (AvgIpc) is 2.37. The Balaban J connectivity index is 2.27. The van der Waals surface area contributed by atoms with Crippen LogP contribution >= 0.6 is 11.8 Å². The van der Waals surface area contributed by atoms with Gasteiger partial charge in [-0.25, -0.2) is 4.79 Å².